The molecule has 108 valence electrons. The molecule has 1 aliphatic rings. The van der Waals surface area contributed by atoms with E-state index in [0.717, 1.165) is 5.56 Å². The van der Waals surface area contributed by atoms with Gasteiger partial charge in [-0.05, 0) is 26.3 Å². The second kappa shape index (κ2) is 5.67. The van der Waals surface area contributed by atoms with Crippen molar-refractivity contribution in [3.05, 3.63) is 41.7 Å². The van der Waals surface area contributed by atoms with Gasteiger partial charge in [-0.25, -0.2) is 0 Å². The Morgan fingerprint density at radius 2 is 2.10 bits per heavy atom. The zero-order chi connectivity index (χ0) is 14.8. The number of para-hydroxylation sites is 1. The molecule has 0 bridgehead atoms. The van der Waals surface area contributed by atoms with Crippen LogP contribution in [0.25, 0.3) is 0 Å². The first kappa shape index (κ1) is 14.6. The van der Waals surface area contributed by atoms with E-state index in [1.165, 1.54) is 6.08 Å². The van der Waals surface area contributed by atoms with Gasteiger partial charge in [-0.1, -0.05) is 18.2 Å². The van der Waals surface area contributed by atoms with Crippen LogP contribution in [0.3, 0.4) is 0 Å². The number of rotatable bonds is 5. The van der Waals surface area contributed by atoms with Crippen molar-refractivity contribution >= 4 is 5.78 Å². The molecule has 0 fully saturated rings. The number of aliphatic hydroxyl groups excluding tert-OH is 1. The van der Waals surface area contributed by atoms with Crippen molar-refractivity contribution in [2.75, 3.05) is 13.7 Å². The quantitative estimate of drug-likeness (QED) is 0.897. The Hall–Kier alpha value is -1.81. The van der Waals surface area contributed by atoms with Crippen molar-refractivity contribution in [1.82, 2.24) is 0 Å². The molecular formula is C16H20O4. The van der Waals surface area contributed by atoms with Crippen LogP contribution >= 0.6 is 0 Å². The van der Waals surface area contributed by atoms with Crippen LogP contribution in [0, 0.1) is 0 Å². The third-order valence-electron chi connectivity index (χ3n) is 3.79. The van der Waals surface area contributed by atoms with Crippen LogP contribution in [0.2, 0.25) is 0 Å². The number of ether oxygens (including phenoxy) is 2. The summed E-state index contributed by atoms with van der Waals surface area (Å²) in [7, 11) is 1.60. The number of allylic oxidation sites excluding steroid dienone is 1. The fraction of sp³-hybridized carbons (Fsp3) is 0.438. The monoisotopic (exact) mass is 276 g/mol. The van der Waals surface area contributed by atoms with E-state index in [1.54, 1.807) is 21.0 Å². The summed E-state index contributed by atoms with van der Waals surface area (Å²) in [6, 6.07) is 7.53. The Morgan fingerprint density at radius 3 is 2.65 bits per heavy atom. The van der Waals surface area contributed by atoms with Gasteiger partial charge in [-0.15, -0.1) is 0 Å². The van der Waals surface area contributed by atoms with Crippen molar-refractivity contribution in [2.24, 2.45) is 0 Å². The van der Waals surface area contributed by atoms with E-state index < -0.39 is 5.60 Å². The smallest absolute Gasteiger partial charge is 0.202 e. The maximum atomic E-state index is 12.3. The lowest BCUT2D eigenvalue weighted by Gasteiger charge is -2.33. The van der Waals surface area contributed by atoms with Gasteiger partial charge >= 0.3 is 0 Å². The standard InChI is InChI=1S/C16H20O4/c1-11-10-15(18)16(2,20-11)13(8-9-17)12-6-4-5-7-14(12)19-3/h4-7,10,13,17H,8-9H2,1-3H3/t13-,16+/m0/s1. The summed E-state index contributed by atoms with van der Waals surface area (Å²) in [4.78, 5) is 12.3. The third kappa shape index (κ3) is 2.43. The van der Waals surface area contributed by atoms with Gasteiger partial charge in [0.05, 0.1) is 12.9 Å². The van der Waals surface area contributed by atoms with E-state index in [1.807, 2.05) is 24.3 Å². The molecule has 0 saturated carbocycles. The van der Waals surface area contributed by atoms with Gasteiger partial charge in [0.15, 0.2) is 5.60 Å². The molecule has 0 aromatic heterocycles. The summed E-state index contributed by atoms with van der Waals surface area (Å²) >= 11 is 0. The lowest BCUT2D eigenvalue weighted by Crippen LogP contribution is -2.40. The van der Waals surface area contributed by atoms with E-state index in [4.69, 9.17) is 9.47 Å². The molecule has 1 aromatic rings. The number of hydrogen-bond acceptors (Lipinski definition) is 4. The summed E-state index contributed by atoms with van der Waals surface area (Å²) in [6.45, 7) is 3.52. The first-order chi connectivity index (χ1) is 9.52. The highest BCUT2D eigenvalue weighted by atomic mass is 16.5. The van der Waals surface area contributed by atoms with Gasteiger partial charge in [0.2, 0.25) is 5.78 Å². The molecule has 0 amide bonds. The molecule has 0 saturated heterocycles. The van der Waals surface area contributed by atoms with Crippen LogP contribution in [0.1, 0.15) is 31.7 Å². The van der Waals surface area contributed by atoms with Gasteiger partial charge in [0, 0.05) is 24.2 Å². The van der Waals surface area contributed by atoms with Gasteiger partial charge in [-0.3, -0.25) is 4.79 Å². The average molecular weight is 276 g/mol. The number of benzene rings is 1. The molecule has 4 nitrogen and oxygen atoms in total. The summed E-state index contributed by atoms with van der Waals surface area (Å²) < 4.78 is 11.1. The minimum absolute atomic E-state index is 0.0198. The van der Waals surface area contributed by atoms with Crippen molar-refractivity contribution in [2.45, 2.75) is 31.8 Å². The van der Waals surface area contributed by atoms with E-state index in [-0.39, 0.29) is 18.3 Å². The molecule has 20 heavy (non-hydrogen) atoms. The Morgan fingerprint density at radius 1 is 1.40 bits per heavy atom. The molecule has 1 heterocycles. The number of carbonyl (C=O) groups is 1. The molecule has 2 atom stereocenters. The number of ketones is 1. The predicted octanol–water partition coefficient (Wildman–Crippen LogP) is 2.42. The first-order valence-electron chi connectivity index (χ1n) is 6.68. The third-order valence-corrected chi connectivity index (χ3v) is 3.79. The Labute approximate surface area is 119 Å². The molecule has 0 radical (unpaired) electrons. The van der Waals surface area contributed by atoms with Crippen LogP contribution in [0.4, 0.5) is 0 Å². The first-order valence-corrected chi connectivity index (χ1v) is 6.68. The van der Waals surface area contributed by atoms with Crippen molar-refractivity contribution in [3.63, 3.8) is 0 Å². The Balaban J connectivity index is 2.44. The normalized spacial score (nSPS) is 23.2. The topological polar surface area (TPSA) is 55.8 Å². The number of methoxy groups -OCH3 is 1. The van der Waals surface area contributed by atoms with E-state index in [9.17, 15) is 9.90 Å². The highest BCUT2D eigenvalue weighted by molar-refractivity contribution is 6.00. The van der Waals surface area contributed by atoms with Gasteiger partial charge < -0.3 is 14.6 Å². The van der Waals surface area contributed by atoms with Crippen LogP contribution < -0.4 is 4.74 Å². The maximum Gasteiger partial charge on any atom is 0.202 e. The van der Waals surface area contributed by atoms with Crippen molar-refractivity contribution < 1.29 is 19.4 Å². The second-order valence-corrected chi connectivity index (χ2v) is 5.14. The Kier molecular flexibility index (Phi) is 4.14. The molecule has 4 heteroatoms. The van der Waals surface area contributed by atoms with Crippen LogP contribution in [0.5, 0.6) is 5.75 Å². The SMILES string of the molecule is COc1ccccc1[C@H](CCO)[C@@]1(C)OC(C)=CC1=O. The van der Waals surface area contributed by atoms with E-state index in [2.05, 4.69) is 0 Å². The molecule has 0 spiro atoms. The average Bonchev–Trinajstić information content (AvgIpc) is 2.70. The summed E-state index contributed by atoms with van der Waals surface area (Å²) in [5.41, 5.74) is -0.107. The number of carbonyl (C=O) groups excluding carboxylic acids is 1. The minimum atomic E-state index is -0.985. The fourth-order valence-electron chi connectivity index (χ4n) is 2.80. The molecule has 2 rings (SSSR count). The summed E-state index contributed by atoms with van der Waals surface area (Å²) in [5.74, 6) is 0.979. The predicted molar refractivity (Wildman–Crippen MR) is 75.7 cm³/mol. The second-order valence-electron chi connectivity index (χ2n) is 5.14. The van der Waals surface area contributed by atoms with Gasteiger partial charge in [-0.2, -0.15) is 0 Å². The number of aliphatic hydroxyl groups is 1. The van der Waals surface area contributed by atoms with E-state index in [0.29, 0.717) is 17.9 Å². The molecule has 1 aromatic carbocycles. The van der Waals surface area contributed by atoms with Crippen LogP contribution in [-0.4, -0.2) is 30.2 Å². The molecule has 1 N–H and O–H groups in total. The fourth-order valence-corrected chi connectivity index (χ4v) is 2.80. The maximum absolute atomic E-state index is 12.3. The molecular weight excluding hydrogens is 256 g/mol. The molecule has 0 unspecified atom stereocenters. The minimum Gasteiger partial charge on any atom is -0.496 e. The van der Waals surface area contributed by atoms with E-state index >= 15 is 0 Å². The number of hydrogen-bond donors (Lipinski definition) is 1. The lowest BCUT2D eigenvalue weighted by molar-refractivity contribution is -0.131. The lowest BCUT2D eigenvalue weighted by atomic mass is 9.78. The van der Waals surface area contributed by atoms with Gasteiger partial charge in [0.1, 0.15) is 5.75 Å². The van der Waals surface area contributed by atoms with Crippen molar-refractivity contribution in [1.29, 1.82) is 0 Å². The highest BCUT2D eigenvalue weighted by Crippen LogP contribution is 2.43. The van der Waals surface area contributed by atoms with Crippen LogP contribution in [-0.2, 0) is 9.53 Å². The molecule has 1 aliphatic heterocycles. The molecule has 0 aliphatic carbocycles. The van der Waals surface area contributed by atoms with Crippen molar-refractivity contribution in [3.8, 4) is 5.75 Å². The van der Waals surface area contributed by atoms with Crippen LogP contribution in [0.15, 0.2) is 36.1 Å². The van der Waals surface area contributed by atoms with Gasteiger partial charge in [0.25, 0.3) is 0 Å². The summed E-state index contributed by atoms with van der Waals surface area (Å²) in [5, 5.41) is 9.36. The summed E-state index contributed by atoms with van der Waals surface area (Å²) in [6.07, 6.45) is 1.95. The zero-order valence-electron chi connectivity index (χ0n) is 12.1. The zero-order valence-corrected chi connectivity index (χ0v) is 12.1. The Bertz CT molecular complexity index is 535. The largest absolute Gasteiger partial charge is 0.496 e. The highest BCUT2D eigenvalue weighted by Gasteiger charge is 2.47.